The van der Waals surface area contributed by atoms with Crippen molar-refractivity contribution in [3.63, 3.8) is 0 Å². The summed E-state index contributed by atoms with van der Waals surface area (Å²) in [6.45, 7) is 0. The summed E-state index contributed by atoms with van der Waals surface area (Å²) >= 11 is 0. The fourth-order valence-corrected chi connectivity index (χ4v) is 1.49. The van der Waals surface area contributed by atoms with Crippen LogP contribution in [0.15, 0.2) is 53.5 Å². The number of aromatic nitrogens is 1. The van der Waals surface area contributed by atoms with Crippen LogP contribution in [0.5, 0.6) is 0 Å². The van der Waals surface area contributed by atoms with Crippen molar-refractivity contribution in [1.82, 2.24) is 4.57 Å². The average molecular weight is 217 g/mol. The lowest BCUT2D eigenvalue weighted by molar-refractivity contribution is -0.830. The molecule has 0 aliphatic carbocycles. The van der Waals surface area contributed by atoms with E-state index in [2.05, 4.69) is 0 Å². The fourth-order valence-electron chi connectivity index (χ4n) is 1.49. The third-order valence-electron chi connectivity index (χ3n) is 2.25. The van der Waals surface area contributed by atoms with Crippen LogP contribution in [0.4, 0.5) is 5.69 Å². The number of nitrogens with zero attached hydrogens (tertiary/aromatic N) is 1. The Labute approximate surface area is 93.1 Å². The molecular weight excluding hydrogens is 204 g/mol. The number of pyridine rings is 1. The minimum absolute atomic E-state index is 0.0361. The number of nitrogens with two attached hydrogens (primary N) is 1. The van der Waals surface area contributed by atoms with Crippen molar-refractivity contribution in [3.8, 4) is 5.69 Å². The summed E-state index contributed by atoms with van der Waals surface area (Å²) in [5.41, 5.74) is 3.43. The molecule has 4 nitrogen and oxygen atoms in total. The SMILES string of the molecule is CO[NH2+]c1ccc(-n2ccccc2=O)cc1. The number of rotatable bonds is 3. The molecule has 0 radical (unpaired) electrons. The van der Waals surface area contributed by atoms with Gasteiger partial charge in [-0.15, -0.1) is 0 Å². The van der Waals surface area contributed by atoms with E-state index < -0.39 is 0 Å². The van der Waals surface area contributed by atoms with E-state index in [-0.39, 0.29) is 5.56 Å². The predicted octanol–water partition coefficient (Wildman–Crippen LogP) is 0.594. The van der Waals surface area contributed by atoms with Crippen molar-refractivity contribution in [2.24, 2.45) is 0 Å². The van der Waals surface area contributed by atoms with Crippen molar-refractivity contribution in [2.45, 2.75) is 0 Å². The van der Waals surface area contributed by atoms with Crippen molar-refractivity contribution in [2.75, 3.05) is 7.11 Å². The minimum Gasteiger partial charge on any atom is -0.284 e. The molecule has 0 fully saturated rings. The Hall–Kier alpha value is -1.91. The zero-order valence-corrected chi connectivity index (χ0v) is 8.96. The molecule has 4 heteroatoms. The first-order chi connectivity index (χ1) is 7.81. The lowest BCUT2D eigenvalue weighted by atomic mass is 10.3. The molecule has 0 aliphatic rings. The van der Waals surface area contributed by atoms with Crippen molar-refractivity contribution < 1.29 is 10.3 Å². The van der Waals surface area contributed by atoms with Gasteiger partial charge in [0.25, 0.3) is 5.56 Å². The summed E-state index contributed by atoms with van der Waals surface area (Å²) < 4.78 is 1.59. The normalized spacial score (nSPS) is 10.3. The number of quaternary nitrogens is 1. The van der Waals surface area contributed by atoms with Crippen LogP contribution in [-0.4, -0.2) is 11.7 Å². The standard InChI is InChI=1S/C12H12N2O2/c1-16-13-10-5-7-11(8-6-10)14-9-3-2-4-12(14)15/h2-9,13H,1H3/p+1. The third kappa shape index (κ3) is 2.18. The van der Waals surface area contributed by atoms with Gasteiger partial charge in [0, 0.05) is 30.1 Å². The van der Waals surface area contributed by atoms with Gasteiger partial charge in [-0.3, -0.25) is 9.36 Å². The lowest BCUT2D eigenvalue weighted by Gasteiger charge is -2.04. The molecule has 16 heavy (non-hydrogen) atoms. The summed E-state index contributed by atoms with van der Waals surface area (Å²) in [6, 6.07) is 12.7. The van der Waals surface area contributed by atoms with E-state index in [0.717, 1.165) is 11.4 Å². The highest BCUT2D eigenvalue weighted by Crippen LogP contribution is 2.07. The second-order valence-electron chi connectivity index (χ2n) is 3.35. The molecule has 0 amide bonds. The maximum Gasteiger partial charge on any atom is 0.255 e. The third-order valence-corrected chi connectivity index (χ3v) is 2.25. The second-order valence-corrected chi connectivity index (χ2v) is 3.35. The largest absolute Gasteiger partial charge is 0.284 e. The molecule has 0 unspecified atom stereocenters. The van der Waals surface area contributed by atoms with Crippen LogP contribution >= 0.6 is 0 Å². The Morgan fingerprint density at radius 1 is 1.12 bits per heavy atom. The number of hydrogen-bond donors (Lipinski definition) is 1. The molecule has 1 aromatic carbocycles. The van der Waals surface area contributed by atoms with Gasteiger partial charge < -0.3 is 0 Å². The lowest BCUT2D eigenvalue weighted by Crippen LogP contribution is -2.75. The zero-order valence-electron chi connectivity index (χ0n) is 8.96. The summed E-state index contributed by atoms with van der Waals surface area (Å²) in [6.07, 6.45) is 1.75. The maximum atomic E-state index is 11.6. The summed E-state index contributed by atoms with van der Waals surface area (Å²) in [5, 5.41) is 0. The molecule has 2 aromatic rings. The predicted molar refractivity (Wildman–Crippen MR) is 60.6 cm³/mol. The highest BCUT2D eigenvalue weighted by molar-refractivity contribution is 5.40. The minimum atomic E-state index is -0.0361. The monoisotopic (exact) mass is 217 g/mol. The van der Waals surface area contributed by atoms with Gasteiger partial charge in [0.05, 0.1) is 7.11 Å². The van der Waals surface area contributed by atoms with Gasteiger partial charge in [-0.1, -0.05) is 6.07 Å². The second kappa shape index (κ2) is 4.74. The molecule has 0 bridgehead atoms. The Balaban J connectivity index is 2.35. The summed E-state index contributed by atoms with van der Waals surface area (Å²) in [5.74, 6) is 0. The zero-order chi connectivity index (χ0) is 11.4. The highest BCUT2D eigenvalue weighted by Gasteiger charge is 2.00. The molecule has 0 aliphatic heterocycles. The van der Waals surface area contributed by atoms with Gasteiger partial charge >= 0.3 is 0 Å². The van der Waals surface area contributed by atoms with Gasteiger partial charge in [0.1, 0.15) is 0 Å². The van der Waals surface area contributed by atoms with Crippen LogP contribution in [0.25, 0.3) is 5.69 Å². The number of hydrogen-bond acceptors (Lipinski definition) is 2. The van der Waals surface area contributed by atoms with Crippen molar-refractivity contribution in [1.29, 1.82) is 0 Å². The van der Waals surface area contributed by atoms with Crippen LogP contribution in [0.2, 0.25) is 0 Å². The Morgan fingerprint density at radius 3 is 2.50 bits per heavy atom. The smallest absolute Gasteiger partial charge is 0.255 e. The van der Waals surface area contributed by atoms with E-state index in [0.29, 0.717) is 0 Å². The fraction of sp³-hybridized carbons (Fsp3) is 0.0833. The quantitative estimate of drug-likeness (QED) is 0.604. The van der Waals surface area contributed by atoms with Gasteiger partial charge in [0.2, 0.25) is 0 Å². The van der Waals surface area contributed by atoms with E-state index in [1.54, 1.807) is 29.4 Å². The summed E-state index contributed by atoms with van der Waals surface area (Å²) in [4.78, 5) is 16.5. The molecule has 82 valence electrons. The number of benzene rings is 1. The maximum absolute atomic E-state index is 11.6. The van der Waals surface area contributed by atoms with E-state index in [1.165, 1.54) is 6.07 Å². The molecule has 1 aromatic heterocycles. The Morgan fingerprint density at radius 2 is 1.88 bits per heavy atom. The molecular formula is C12H13N2O2+. The van der Waals surface area contributed by atoms with Gasteiger partial charge in [-0.2, -0.15) is 5.48 Å². The van der Waals surface area contributed by atoms with Crippen molar-refractivity contribution >= 4 is 5.69 Å². The Kier molecular flexibility index (Phi) is 3.14. The van der Waals surface area contributed by atoms with E-state index >= 15 is 0 Å². The first kappa shape index (κ1) is 10.6. The van der Waals surface area contributed by atoms with Crippen LogP contribution < -0.4 is 11.0 Å². The topological polar surface area (TPSA) is 47.8 Å². The molecule has 0 atom stereocenters. The first-order valence-corrected chi connectivity index (χ1v) is 4.95. The Bertz CT molecular complexity index is 517. The van der Waals surface area contributed by atoms with Gasteiger partial charge in [-0.25, -0.2) is 4.84 Å². The van der Waals surface area contributed by atoms with E-state index in [1.807, 2.05) is 30.3 Å². The van der Waals surface area contributed by atoms with E-state index in [9.17, 15) is 4.79 Å². The molecule has 1 heterocycles. The van der Waals surface area contributed by atoms with Crippen LogP contribution in [0.3, 0.4) is 0 Å². The van der Waals surface area contributed by atoms with Gasteiger partial charge in [-0.05, 0) is 18.2 Å². The van der Waals surface area contributed by atoms with Gasteiger partial charge in [0.15, 0.2) is 5.69 Å². The highest BCUT2D eigenvalue weighted by atomic mass is 16.6. The first-order valence-electron chi connectivity index (χ1n) is 4.95. The summed E-state index contributed by atoms with van der Waals surface area (Å²) in [7, 11) is 1.61. The molecule has 0 spiro atoms. The molecule has 2 N–H and O–H groups in total. The van der Waals surface area contributed by atoms with Crippen LogP contribution in [0, 0.1) is 0 Å². The van der Waals surface area contributed by atoms with E-state index in [4.69, 9.17) is 4.84 Å². The molecule has 2 rings (SSSR count). The van der Waals surface area contributed by atoms with Crippen LogP contribution in [0.1, 0.15) is 0 Å². The van der Waals surface area contributed by atoms with Crippen molar-refractivity contribution in [3.05, 3.63) is 59.0 Å². The van der Waals surface area contributed by atoms with Crippen LogP contribution in [-0.2, 0) is 4.84 Å². The average Bonchev–Trinajstić information content (AvgIpc) is 2.31. The molecule has 0 saturated heterocycles. The molecule has 0 saturated carbocycles.